The van der Waals surface area contributed by atoms with Crippen LogP contribution in [0.4, 0.5) is 0 Å². The molecule has 0 spiro atoms. The van der Waals surface area contributed by atoms with E-state index in [4.69, 9.17) is 5.26 Å². The molecule has 0 radical (unpaired) electrons. The number of carbonyl (C=O) groups excluding carboxylic acids is 1. The first kappa shape index (κ1) is 15.0. The lowest BCUT2D eigenvalue weighted by Gasteiger charge is -2.26. The van der Waals surface area contributed by atoms with Gasteiger partial charge in [-0.25, -0.2) is 0 Å². The minimum Gasteiger partial charge on any atom is -0.343 e. The highest BCUT2D eigenvalue weighted by Gasteiger charge is 2.17. The Labute approximate surface area is 110 Å². The van der Waals surface area contributed by atoms with Gasteiger partial charge in [0.2, 0.25) is 5.91 Å². The van der Waals surface area contributed by atoms with E-state index in [0.29, 0.717) is 6.42 Å². The van der Waals surface area contributed by atoms with Gasteiger partial charge >= 0.3 is 0 Å². The van der Waals surface area contributed by atoms with Gasteiger partial charge in [0, 0.05) is 26.1 Å². The molecule has 1 rings (SSSR count). The van der Waals surface area contributed by atoms with Crippen molar-refractivity contribution in [2.24, 2.45) is 5.41 Å². The normalized spacial score (nSPS) is 16.4. The van der Waals surface area contributed by atoms with Gasteiger partial charge in [-0.05, 0) is 46.1 Å². The molecular weight excluding hydrogens is 226 g/mol. The van der Waals surface area contributed by atoms with Crippen LogP contribution in [0.2, 0.25) is 0 Å². The summed E-state index contributed by atoms with van der Waals surface area (Å²) < 4.78 is 0. The maximum absolute atomic E-state index is 11.8. The van der Waals surface area contributed by atoms with E-state index < -0.39 is 0 Å². The first-order chi connectivity index (χ1) is 8.55. The molecule has 4 heteroatoms. The van der Waals surface area contributed by atoms with E-state index in [-0.39, 0.29) is 11.3 Å². The molecule has 1 saturated heterocycles. The predicted octanol–water partition coefficient (Wildman–Crippen LogP) is 1.92. The molecule has 0 atom stereocenters. The topological polar surface area (TPSA) is 56.1 Å². The molecule has 4 nitrogen and oxygen atoms in total. The SMILES string of the molecule is CC(C)(C#N)CCNCCC(=O)N1CCCCC1. The molecule has 0 aromatic heterocycles. The van der Waals surface area contributed by atoms with E-state index in [1.165, 1.54) is 6.42 Å². The number of rotatable bonds is 6. The summed E-state index contributed by atoms with van der Waals surface area (Å²) in [7, 11) is 0. The van der Waals surface area contributed by atoms with Gasteiger partial charge in [0.15, 0.2) is 0 Å². The third-order valence-electron chi connectivity index (χ3n) is 3.45. The quantitative estimate of drug-likeness (QED) is 0.734. The van der Waals surface area contributed by atoms with Gasteiger partial charge in [0.05, 0.1) is 11.5 Å². The van der Waals surface area contributed by atoms with E-state index in [9.17, 15) is 4.79 Å². The summed E-state index contributed by atoms with van der Waals surface area (Å²) in [5, 5.41) is 12.1. The van der Waals surface area contributed by atoms with Gasteiger partial charge in [-0.2, -0.15) is 5.26 Å². The molecule has 1 aliphatic heterocycles. The number of amides is 1. The van der Waals surface area contributed by atoms with Gasteiger partial charge in [-0.1, -0.05) is 0 Å². The Morgan fingerprint density at radius 1 is 1.28 bits per heavy atom. The van der Waals surface area contributed by atoms with E-state index >= 15 is 0 Å². The van der Waals surface area contributed by atoms with E-state index in [2.05, 4.69) is 11.4 Å². The molecule has 1 fully saturated rings. The number of carbonyl (C=O) groups is 1. The van der Waals surface area contributed by atoms with Crippen LogP contribution in [0, 0.1) is 16.7 Å². The fourth-order valence-corrected chi connectivity index (χ4v) is 2.08. The second-order valence-electron chi connectivity index (χ2n) is 5.69. The van der Waals surface area contributed by atoms with E-state index in [0.717, 1.165) is 45.4 Å². The van der Waals surface area contributed by atoms with Gasteiger partial charge in [0.25, 0.3) is 0 Å². The smallest absolute Gasteiger partial charge is 0.223 e. The summed E-state index contributed by atoms with van der Waals surface area (Å²) >= 11 is 0. The lowest BCUT2D eigenvalue weighted by atomic mass is 9.91. The zero-order valence-corrected chi connectivity index (χ0v) is 11.7. The van der Waals surface area contributed by atoms with Crippen LogP contribution in [-0.2, 0) is 4.79 Å². The molecule has 0 aromatic rings. The Hall–Kier alpha value is -1.08. The van der Waals surface area contributed by atoms with Crippen molar-refractivity contribution in [1.82, 2.24) is 10.2 Å². The zero-order chi connectivity index (χ0) is 13.4. The van der Waals surface area contributed by atoms with Gasteiger partial charge in [-0.15, -0.1) is 0 Å². The van der Waals surface area contributed by atoms with Gasteiger partial charge in [0.1, 0.15) is 0 Å². The first-order valence-corrected chi connectivity index (χ1v) is 6.95. The molecule has 0 bridgehead atoms. The van der Waals surface area contributed by atoms with Crippen molar-refractivity contribution in [3.8, 4) is 6.07 Å². The lowest BCUT2D eigenvalue weighted by molar-refractivity contribution is -0.131. The van der Waals surface area contributed by atoms with Crippen LogP contribution in [0.25, 0.3) is 0 Å². The molecule has 102 valence electrons. The number of hydrogen-bond donors (Lipinski definition) is 1. The zero-order valence-electron chi connectivity index (χ0n) is 11.7. The summed E-state index contributed by atoms with van der Waals surface area (Å²) in [5.41, 5.74) is -0.274. The standard InChI is InChI=1S/C14H25N3O/c1-14(2,12-15)7-9-16-8-6-13(18)17-10-4-3-5-11-17/h16H,3-11H2,1-2H3. The van der Waals surface area contributed by atoms with Crippen molar-refractivity contribution >= 4 is 5.91 Å². The van der Waals surface area contributed by atoms with Crippen LogP contribution >= 0.6 is 0 Å². The van der Waals surface area contributed by atoms with Crippen molar-refractivity contribution in [1.29, 1.82) is 5.26 Å². The van der Waals surface area contributed by atoms with Crippen molar-refractivity contribution in [2.75, 3.05) is 26.2 Å². The average molecular weight is 251 g/mol. The van der Waals surface area contributed by atoms with Crippen LogP contribution in [-0.4, -0.2) is 37.0 Å². The maximum Gasteiger partial charge on any atom is 0.223 e. The molecule has 1 heterocycles. The van der Waals surface area contributed by atoms with Crippen molar-refractivity contribution in [3.63, 3.8) is 0 Å². The number of nitriles is 1. The molecule has 18 heavy (non-hydrogen) atoms. The minimum absolute atomic E-state index is 0.266. The third kappa shape index (κ3) is 5.50. The molecule has 0 saturated carbocycles. The Morgan fingerprint density at radius 3 is 2.56 bits per heavy atom. The number of nitrogens with zero attached hydrogens (tertiary/aromatic N) is 2. The van der Waals surface area contributed by atoms with Gasteiger partial charge in [-0.3, -0.25) is 4.79 Å². The highest BCUT2D eigenvalue weighted by molar-refractivity contribution is 5.76. The highest BCUT2D eigenvalue weighted by Crippen LogP contribution is 2.17. The summed E-state index contributed by atoms with van der Waals surface area (Å²) in [6.45, 7) is 7.26. The van der Waals surface area contributed by atoms with Crippen molar-refractivity contribution in [2.45, 2.75) is 46.0 Å². The monoisotopic (exact) mass is 251 g/mol. The summed E-state index contributed by atoms with van der Waals surface area (Å²) in [6, 6.07) is 2.28. The van der Waals surface area contributed by atoms with Crippen LogP contribution in [0.15, 0.2) is 0 Å². The molecule has 0 unspecified atom stereocenters. The van der Waals surface area contributed by atoms with Crippen LogP contribution in [0.1, 0.15) is 46.0 Å². The number of nitrogens with one attached hydrogen (secondary N) is 1. The Balaban J connectivity index is 2.07. The minimum atomic E-state index is -0.274. The van der Waals surface area contributed by atoms with Crippen LogP contribution in [0.3, 0.4) is 0 Å². The van der Waals surface area contributed by atoms with Gasteiger partial charge < -0.3 is 10.2 Å². The molecule has 1 amide bonds. The molecule has 0 aliphatic carbocycles. The maximum atomic E-state index is 11.8. The fourth-order valence-electron chi connectivity index (χ4n) is 2.08. The molecule has 0 aromatic carbocycles. The summed E-state index contributed by atoms with van der Waals surface area (Å²) in [4.78, 5) is 13.8. The summed E-state index contributed by atoms with van der Waals surface area (Å²) in [6.07, 6.45) is 4.95. The predicted molar refractivity (Wildman–Crippen MR) is 71.9 cm³/mol. The van der Waals surface area contributed by atoms with Crippen molar-refractivity contribution in [3.05, 3.63) is 0 Å². The lowest BCUT2D eigenvalue weighted by Crippen LogP contribution is -2.37. The Morgan fingerprint density at radius 2 is 1.94 bits per heavy atom. The number of likely N-dealkylation sites (tertiary alicyclic amines) is 1. The van der Waals surface area contributed by atoms with Crippen LogP contribution < -0.4 is 5.32 Å². The molecular formula is C14H25N3O. The van der Waals surface area contributed by atoms with E-state index in [1.807, 2.05) is 18.7 Å². The number of piperidine rings is 1. The number of hydrogen-bond acceptors (Lipinski definition) is 3. The van der Waals surface area contributed by atoms with Crippen LogP contribution in [0.5, 0.6) is 0 Å². The summed E-state index contributed by atoms with van der Waals surface area (Å²) in [5.74, 6) is 0.266. The van der Waals surface area contributed by atoms with Crippen molar-refractivity contribution < 1.29 is 4.79 Å². The molecule has 1 aliphatic rings. The third-order valence-corrected chi connectivity index (χ3v) is 3.45. The molecule has 1 N–H and O–H groups in total. The fraction of sp³-hybridized carbons (Fsp3) is 0.857. The highest BCUT2D eigenvalue weighted by atomic mass is 16.2. The average Bonchev–Trinajstić information content (AvgIpc) is 2.39. The Kier molecular flexibility index (Phi) is 6.14. The second-order valence-corrected chi connectivity index (χ2v) is 5.69. The largest absolute Gasteiger partial charge is 0.343 e. The van der Waals surface area contributed by atoms with E-state index in [1.54, 1.807) is 0 Å². The Bertz CT molecular complexity index is 301. The first-order valence-electron chi connectivity index (χ1n) is 6.95. The second kappa shape index (κ2) is 7.38.